The van der Waals surface area contributed by atoms with Gasteiger partial charge in [0.05, 0.1) is 23.2 Å². The predicted molar refractivity (Wildman–Crippen MR) is 145 cm³/mol. The van der Waals surface area contributed by atoms with E-state index in [9.17, 15) is 18.4 Å². The Kier molecular flexibility index (Phi) is 8.54. The van der Waals surface area contributed by atoms with Crippen LogP contribution in [0.5, 0.6) is 0 Å². The molecule has 5 rings (SSSR count). The SMILES string of the molecule is Cc1cccc([C@H](C)NC(=O)[C@@H]2CN(C3CCCCC3)CC[C@H]2NC(=O)c2cc(-c3ccc(F)cc3F)on2)n1. The van der Waals surface area contributed by atoms with Crippen molar-refractivity contribution < 1.29 is 22.9 Å². The van der Waals surface area contributed by atoms with Crippen LogP contribution in [0.3, 0.4) is 0 Å². The van der Waals surface area contributed by atoms with Crippen LogP contribution in [0.4, 0.5) is 8.78 Å². The van der Waals surface area contributed by atoms with Crippen LogP contribution in [0.25, 0.3) is 11.3 Å². The van der Waals surface area contributed by atoms with E-state index in [0.29, 0.717) is 19.0 Å². The molecule has 212 valence electrons. The minimum Gasteiger partial charge on any atom is -0.355 e. The second-order valence-electron chi connectivity index (χ2n) is 10.9. The highest BCUT2D eigenvalue weighted by atomic mass is 19.1. The topological polar surface area (TPSA) is 100 Å². The third-order valence-corrected chi connectivity index (χ3v) is 8.04. The molecule has 1 aliphatic carbocycles. The van der Waals surface area contributed by atoms with Crippen LogP contribution in [0.1, 0.15) is 73.4 Å². The van der Waals surface area contributed by atoms with Gasteiger partial charge in [0.2, 0.25) is 5.91 Å². The van der Waals surface area contributed by atoms with Crippen molar-refractivity contribution in [3.63, 3.8) is 0 Å². The van der Waals surface area contributed by atoms with E-state index in [1.807, 2.05) is 32.0 Å². The summed E-state index contributed by atoms with van der Waals surface area (Å²) in [5, 5.41) is 9.90. The van der Waals surface area contributed by atoms with Gasteiger partial charge >= 0.3 is 0 Å². The fourth-order valence-electron chi connectivity index (χ4n) is 5.83. The molecule has 2 amide bonds. The van der Waals surface area contributed by atoms with Crippen LogP contribution in [0.15, 0.2) is 47.0 Å². The van der Waals surface area contributed by atoms with E-state index in [1.165, 1.54) is 31.4 Å². The molecule has 1 saturated heterocycles. The lowest BCUT2D eigenvalue weighted by Gasteiger charge is -2.43. The van der Waals surface area contributed by atoms with Gasteiger partial charge in [0.15, 0.2) is 11.5 Å². The predicted octanol–water partition coefficient (Wildman–Crippen LogP) is 4.95. The van der Waals surface area contributed by atoms with Crippen molar-refractivity contribution in [1.82, 2.24) is 25.7 Å². The number of nitrogens with zero attached hydrogens (tertiary/aromatic N) is 3. The first-order valence-electron chi connectivity index (χ1n) is 14.0. The maximum absolute atomic E-state index is 14.2. The molecular formula is C30H35F2N5O3. The van der Waals surface area contributed by atoms with Crippen molar-refractivity contribution in [2.45, 2.75) is 70.5 Å². The van der Waals surface area contributed by atoms with E-state index < -0.39 is 29.5 Å². The zero-order valence-corrected chi connectivity index (χ0v) is 22.8. The van der Waals surface area contributed by atoms with Crippen molar-refractivity contribution in [3.05, 3.63) is 71.2 Å². The second kappa shape index (κ2) is 12.2. The number of piperidine rings is 1. The number of nitrogens with one attached hydrogen (secondary N) is 2. The van der Waals surface area contributed by atoms with E-state index in [-0.39, 0.29) is 29.0 Å². The Morgan fingerprint density at radius 2 is 1.88 bits per heavy atom. The Balaban J connectivity index is 1.31. The minimum atomic E-state index is -0.813. The van der Waals surface area contributed by atoms with Gasteiger partial charge < -0.3 is 15.2 Å². The van der Waals surface area contributed by atoms with Gasteiger partial charge in [-0.3, -0.25) is 19.5 Å². The van der Waals surface area contributed by atoms with Crippen molar-refractivity contribution in [1.29, 1.82) is 0 Å². The molecule has 2 aliphatic rings. The number of likely N-dealkylation sites (tertiary alicyclic amines) is 1. The highest BCUT2D eigenvalue weighted by Crippen LogP contribution is 2.29. The van der Waals surface area contributed by atoms with Crippen LogP contribution >= 0.6 is 0 Å². The Bertz CT molecular complexity index is 1360. The summed E-state index contributed by atoms with van der Waals surface area (Å²) in [6, 6.07) is 9.85. The monoisotopic (exact) mass is 551 g/mol. The lowest BCUT2D eigenvalue weighted by molar-refractivity contribution is -0.128. The largest absolute Gasteiger partial charge is 0.355 e. The number of rotatable bonds is 7. The minimum absolute atomic E-state index is 0.00439. The normalized spacial score (nSPS) is 21.1. The number of halogens is 2. The van der Waals surface area contributed by atoms with E-state index in [2.05, 4.69) is 25.7 Å². The standard InChI is InChI=1S/C30H35F2N5O3/c1-18-7-6-10-25(33-18)19(2)34-29(38)23-17-37(21-8-4-3-5-9-21)14-13-26(23)35-30(39)27-16-28(40-36-27)22-12-11-20(31)15-24(22)32/h6-7,10-12,15-16,19,21,23,26H,3-5,8-9,13-14,17H2,1-2H3,(H,34,38)(H,35,39)/t19-,23+,26+/m0/s1. The van der Waals surface area contributed by atoms with Crippen LogP contribution < -0.4 is 10.6 Å². The number of hydrogen-bond donors (Lipinski definition) is 2. The third kappa shape index (κ3) is 6.38. The first-order valence-corrected chi connectivity index (χ1v) is 14.0. The summed E-state index contributed by atoms with van der Waals surface area (Å²) >= 11 is 0. The number of pyridine rings is 1. The molecule has 0 radical (unpaired) electrons. The van der Waals surface area contributed by atoms with Gasteiger partial charge in [0, 0.05) is 43.0 Å². The molecule has 0 spiro atoms. The van der Waals surface area contributed by atoms with Gasteiger partial charge in [-0.1, -0.05) is 30.5 Å². The van der Waals surface area contributed by atoms with Gasteiger partial charge in [0.1, 0.15) is 11.6 Å². The smallest absolute Gasteiger partial charge is 0.273 e. The zero-order chi connectivity index (χ0) is 28.2. The molecule has 2 aromatic heterocycles. The quantitative estimate of drug-likeness (QED) is 0.431. The lowest BCUT2D eigenvalue weighted by Crippen LogP contribution is -2.58. The van der Waals surface area contributed by atoms with E-state index >= 15 is 0 Å². The van der Waals surface area contributed by atoms with Crippen LogP contribution in [0, 0.1) is 24.5 Å². The number of carbonyl (C=O) groups is 2. The van der Waals surface area contributed by atoms with E-state index in [0.717, 1.165) is 42.9 Å². The summed E-state index contributed by atoms with van der Waals surface area (Å²) in [6.07, 6.45) is 6.48. The van der Waals surface area contributed by atoms with Gasteiger partial charge in [0.25, 0.3) is 5.91 Å². The molecule has 2 N–H and O–H groups in total. The second-order valence-corrected chi connectivity index (χ2v) is 10.9. The molecule has 3 aromatic rings. The molecule has 1 aliphatic heterocycles. The van der Waals surface area contributed by atoms with Crippen LogP contribution in [-0.2, 0) is 4.79 Å². The molecule has 1 saturated carbocycles. The van der Waals surface area contributed by atoms with Crippen LogP contribution in [0.2, 0.25) is 0 Å². The fraction of sp³-hybridized carbons (Fsp3) is 0.467. The molecule has 3 atom stereocenters. The molecule has 40 heavy (non-hydrogen) atoms. The zero-order valence-electron chi connectivity index (χ0n) is 22.8. The highest BCUT2D eigenvalue weighted by Gasteiger charge is 2.38. The number of benzene rings is 1. The molecule has 10 heteroatoms. The number of amides is 2. The summed E-state index contributed by atoms with van der Waals surface area (Å²) in [7, 11) is 0. The van der Waals surface area contributed by atoms with Gasteiger partial charge in [-0.2, -0.15) is 0 Å². The third-order valence-electron chi connectivity index (χ3n) is 8.04. The molecule has 3 heterocycles. The Hall–Kier alpha value is -3.66. The number of hydrogen-bond acceptors (Lipinski definition) is 6. The van der Waals surface area contributed by atoms with Crippen molar-refractivity contribution in [2.75, 3.05) is 13.1 Å². The van der Waals surface area contributed by atoms with Gasteiger partial charge in [-0.25, -0.2) is 8.78 Å². The first kappa shape index (κ1) is 27.9. The average molecular weight is 552 g/mol. The summed E-state index contributed by atoms with van der Waals surface area (Å²) < 4.78 is 32.7. The van der Waals surface area contributed by atoms with Crippen molar-refractivity contribution in [3.8, 4) is 11.3 Å². The van der Waals surface area contributed by atoms with E-state index in [1.54, 1.807) is 0 Å². The maximum Gasteiger partial charge on any atom is 0.273 e. The molecule has 8 nitrogen and oxygen atoms in total. The number of aryl methyl sites for hydroxylation is 1. The summed E-state index contributed by atoms with van der Waals surface area (Å²) in [6.45, 7) is 5.13. The Morgan fingerprint density at radius 3 is 2.62 bits per heavy atom. The average Bonchev–Trinajstić information content (AvgIpc) is 3.44. The van der Waals surface area contributed by atoms with Crippen molar-refractivity contribution >= 4 is 11.8 Å². The molecule has 0 bridgehead atoms. The van der Waals surface area contributed by atoms with Crippen LogP contribution in [-0.4, -0.2) is 52.0 Å². The molecular weight excluding hydrogens is 516 g/mol. The molecule has 2 fully saturated rings. The number of carbonyl (C=O) groups excluding carboxylic acids is 2. The molecule has 0 unspecified atom stereocenters. The maximum atomic E-state index is 14.2. The van der Waals surface area contributed by atoms with E-state index in [4.69, 9.17) is 4.52 Å². The summed E-state index contributed by atoms with van der Waals surface area (Å²) in [5.41, 5.74) is 1.61. The highest BCUT2D eigenvalue weighted by molar-refractivity contribution is 5.94. The summed E-state index contributed by atoms with van der Waals surface area (Å²) in [5.74, 6) is -2.64. The Labute approximate surface area is 232 Å². The fourth-order valence-corrected chi connectivity index (χ4v) is 5.83. The summed E-state index contributed by atoms with van der Waals surface area (Å²) in [4.78, 5) is 33.8. The molecule has 1 aromatic carbocycles. The number of aromatic nitrogens is 2. The Morgan fingerprint density at radius 1 is 1.07 bits per heavy atom. The van der Waals surface area contributed by atoms with Gasteiger partial charge in [-0.05, 0) is 57.4 Å². The lowest BCUT2D eigenvalue weighted by atomic mass is 9.86. The van der Waals surface area contributed by atoms with Gasteiger partial charge in [-0.15, -0.1) is 0 Å². The van der Waals surface area contributed by atoms with Crippen molar-refractivity contribution in [2.24, 2.45) is 5.92 Å². The first-order chi connectivity index (χ1) is 19.3.